The predicted molar refractivity (Wildman–Crippen MR) is 56.0 cm³/mol. The van der Waals surface area contributed by atoms with Gasteiger partial charge in [0.05, 0.1) is 6.04 Å². The van der Waals surface area contributed by atoms with E-state index in [9.17, 15) is 0 Å². The summed E-state index contributed by atoms with van der Waals surface area (Å²) in [4.78, 5) is 2.41. The standard InChI is InChI=1S/C11H18N2O/c1-9-4-5-11(14-9)10(8-12)13-6-2-3-7-13/h4-5,10H,2-3,6-8,12H2,1H3/t10-/m1/s1. The van der Waals surface area contributed by atoms with E-state index in [1.54, 1.807) is 0 Å². The summed E-state index contributed by atoms with van der Waals surface area (Å²) in [5.74, 6) is 1.99. The van der Waals surface area contributed by atoms with E-state index in [0.29, 0.717) is 6.54 Å². The molecule has 1 aromatic rings. The summed E-state index contributed by atoms with van der Waals surface area (Å²) in [5.41, 5.74) is 5.79. The Hall–Kier alpha value is -0.800. The third-order valence-corrected chi connectivity index (χ3v) is 2.89. The molecule has 2 N–H and O–H groups in total. The second kappa shape index (κ2) is 4.15. The first-order chi connectivity index (χ1) is 6.81. The first kappa shape index (κ1) is 9.74. The summed E-state index contributed by atoms with van der Waals surface area (Å²) in [6, 6.07) is 4.34. The van der Waals surface area contributed by atoms with Gasteiger partial charge in [0.1, 0.15) is 11.5 Å². The molecule has 1 fully saturated rings. The molecule has 14 heavy (non-hydrogen) atoms. The smallest absolute Gasteiger partial charge is 0.122 e. The Morgan fingerprint density at radius 3 is 2.64 bits per heavy atom. The Labute approximate surface area is 84.9 Å². The molecule has 0 aromatic carbocycles. The predicted octanol–water partition coefficient (Wildman–Crippen LogP) is 1.68. The molecule has 1 aliphatic heterocycles. The Morgan fingerprint density at radius 1 is 1.43 bits per heavy atom. The van der Waals surface area contributed by atoms with Crippen molar-refractivity contribution >= 4 is 0 Å². The molecule has 0 bridgehead atoms. The highest BCUT2D eigenvalue weighted by molar-refractivity contribution is 5.10. The van der Waals surface area contributed by atoms with Gasteiger partial charge in [-0.2, -0.15) is 0 Å². The Balaban J connectivity index is 2.12. The average Bonchev–Trinajstić information content (AvgIpc) is 2.79. The fraction of sp³-hybridized carbons (Fsp3) is 0.636. The summed E-state index contributed by atoms with van der Waals surface area (Å²) in [5, 5.41) is 0. The van der Waals surface area contributed by atoms with Crippen LogP contribution < -0.4 is 5.73 Å². The van der Waals surface area contributed by atoms with E-state index in [1.807, 2.05) is 19.1 Å². The van der Waals surface area contributed by atoms with Crippen molar-refractivity contribution in [3.63, 3.8) is 0 Å². The summed E-state index contributed by atoms with van der Waals surface area (Å²) >= 11 is 0. The molecule has 2 rings (SSSR count). The van der Waals surface area contributed by atoms with Crippen LogP contribution in [0.15, 0.2) is 16.5 Å². The first-order valence-corrected chi connectivity index (χ1v) is 5.31. The normalized spacial score (nSPS) is 20.1. The Kier molecular flexibility index (Phi) is 2.89. The molecular weight excluding hydrogens is 176 g/mol. The van der Waals surface area contributed by atoms with Crippen molar-refractivity contribution < 1.29 is 4.42 Å². The van der Waals surface area contributed by atoms with Crippen LogP contribution >= 0.6 is 0 Å². The quantitative estimate of drug-likeness (QED) is 0.796. The van der Waals surface area contributed by atoms with Crippen LogP contribution in [0, 0.1) is 6.92 Å². The second-order valence-corrected chi connectivity index (χ2v) is 3.94. The zero-order chi connectivity index (χ0) is 9.97. The molecule has 1 saturated heterocycles. The van der Waals surface area contributed by atoms with Crippen LogP contribution in [-0.2, 0) is 0 Å². The first-order valence-electron chi connectivity index (χ1n) is 5.31. The van der Waals surface area contributed by atoms with Crippen LogP contribution in [0.4, 0.5) is 0 Å². The highest BCUT2D eigenvalue weighted by atomic mass is 16.3. The molecule has 3 nitrogen and oxygen atoms in total. The Bertz CT molecular complexity index is 289. The third kappa shape index (κ3) is 1.83. The number of hydrogen-bond donors (Lipinski definition) is 1. The molecule has 1 atom stereocenters. The van der Waals surface area contributed by atoms with Crippen LogP contribution in [-0.4, -0.2) is 24.5 Å². The highest BCUT2D eigenvalue weighted by Gasteiger charge is 2.24. The second-order valence-electron chi connectivity index (χ2n) is 3.94. The highest BCUT2D eigenvalue weighted by Crippen LogP contribution is 2.25. The van der Waals surface area contributed by atoms with Gasteiger partial charge in [-0.1, -0.05) is 0 Å². The molecule has 1 aliphatic rings. The van der Waals surface area contributed by atoms with E-state index < -0.39 is 0 Å². The molecule has 0 spiro atoms. The van der Waals surface area contributed by atoms with Crippen LogP contribution in [0.2, 0.25) is 0 Å². The van der Waals surface area contributed by atoms with Gasteiger partial charge in [-0.3, -0.25) is 4.90 Å². The fourth-order valence-electron chi connectivity index (χ4n) is 2.13. The van der Waals surface area contributed by atoms with Gasteiger partial charge >= 0.3 is 0 Å². The summed E-state index contributed by atoms with van der Waals surface area (Å²) < 4.78 is 5.63. The van der Waals surface area contributed by atoms with Crippen LogP contribution in [0.25, 0.3) is 0 Å². The monoisotopic (exact) mass is 194 g/mol. The molecule has 0 unspecified atom stereocenters. The molecular formula is C11H18N2O. The van der Waals surface area contributed by atoms with Gasteiger partial charge in [0.25, 0.3) is 0 Å². The van der Waals surface area contributed by atoms with Crippen molar-refractivity contribution in [3.8, 4) is 0 Å². The lowest BCUT2D eigenvalue weighted by Crippen LogP contribution is -2.31. The molecule has 1 aromatic heterocycles. The van der Waals surface area contributed by atoms with Crippen LogP contribution in [0.5, 0.6) is 0 Å². The van der Waals surface area contributed by atoms with Crippen LogP contribution in [0.1, 0.15) is 30.4 Å². The summed E-state index contributed by atoms with van der Waals surface area (Å²) in [7, 11) is 0. The van der Waals surface area contributed by atoms with Crippen molar-refractivity contribution in [1.82, 2.24) is 4.90 Å². The topological polar surface area (TPSA) is 42.4 Å². The van der Waals surface area contributed by atoms with Gasteiger partial charge in [0.15, 0.2) is 0 Å². The molecule has 3 heteroatoms. The number of hydrogen-bond acceptors (Lipinski definition) is 3. The van der Waals surface area contributed by atoms with E-state index in [0.717, 1.165) is 24.6 Å². The van der Waals surface area contributed by atoms with Gasteiger partial charge in [0, 0.05) is 6.54 Å². The van der Waals surface area contributed by atoms with Gasteiger partial charge in [-0.25, -0.2) is 0 Å². The molecule has 0 amide bonds. The molecule has 0 radical (unpaired) electrons. The van der Waals surface area contributed by atoms with Crippen molar-refractivity contribution in [1.29, 1.82) is 0 Å². The van der Waals surface area contributed by atoms with E-state index in [4.69, 9.17) is 10.2 Å². The molecule has 78 valence electrons. The number of nitrogens with two attached hydrogens (primary N) is 1. The summed E-state index contributed by atoms with van der Waals surface area (Å²) in [6.07, 6.45) is 2.58. The minimum absolute atomic E-state index is 0.284. The van der Waals surface area contributed by atoms with Gasteiger partial charge in [0.2, 0.25) is 0 Å². The lowest BCUT2D eigenvalue weighted by molar-refractivity contribution is 0.219. The van der Waals surface area contributed by atoms with Gasteiger partial charge in [-0.15, -0.1) is 0 Å². The zero-order valence-corrected chi connectivity index (χ0v) is 8.70. The van der Waals surface area contributed by atoms with Crippen molar-refractivity contribution in [2.75, 3.05) is 19.6 Å². The molecule has 0 saturated carbocycles. The number of likely N-dealkylation sites (tertiary alicyclic amines) is 1. The maximum absolute atomic E-state index is 5.79. The number of nitrogens with zero attached hydrogens (tertiary/aromatic N) is 1. The molecule has 0 aliphatic carbocycles. The van der Waals surface area contributed by atoms with Crippen molar-refractivity contribution in [3.05, 3.63) is 23.7 Å². The van der Waals surface area contributed by atoms with E-state index in [-0.39, 0.29) is 6.04 Å². The van der Waals surface area contributed by atoms with Crippen molar-refractivity contribution in [2.45, 2.75) is 25.8 Å². The number of rotatable bonds is 3. The van der Waals surface area contributed by atoms with Gasteiger partial charge in [-0.05, 0) is 45.0 Å². The average molecular weight is 194 g/mol. The number of furan rings is 1. The van der Waals surface area contributed by atoms with E-state index >= 15 is 0 Å². The van der Waals surface area contributed by atoms with Gasteiger partial charge < -0.3 is 10.2 Å². The zero-order valence-electron chi connectivity index (χ0n) is 8.70. The number of aryl methyl sites for hydroxylation is 1. The minimum atomic E-state index is 0.284. The fourth-order valence-corrected chi connectivity index (χ4v) is 2.13. The SMILES string of the molecule is Cc1ccc([C@@H](CN)N2CCCC2)o1. The minimum Gasteiger partial charge on any atom is -0.465 e. The lowest BCUT2D eigenvalue weighted by Gasteiger charge is -2.24. The van der Waals surface area contributed by atoms with E-state index in [2.05, 4.69) is 4.90 Å². The largest absolute Gasteiger partial charge is 0.465 e. The summed E-state index contributed by atoms with van der Waals surface area (Å²) in [6.45, 7) is 4.93. The van der Waals surface area contributed by atoms with E-state index in [1.165, 1.54) is 12.8 Å². The maximum atomic E-state index is 5.79. The van der Waals surface area contributed by atoms with Crippen LogP contribution in [0.3, 0.4) is 0 Å². The third-order valence-electron chi connectivity index (χ3n) is 2.89. The maximum Gasteiger partial charge on any atom is 0.122 e. The Morgan fingerprint density at radius 2 is 2.14 bits per heavy atom. The lowest BCUT2D eigenvalue weighted by atomic mass is 10.2. The molecule has 2 heterocycles. The van der Waals surface area contributed by atoms with Crippen molar-refractivity contribution in [2.24, 2.45) is 5.73 Å².